The van der Waals surface area contributed by atoms with Gasteiger partial charge in [-0.1, -0.05) is 6.07 Å². The molecule has 0 spiro atoms. The highest BCUT2D eigenvalue weighted by Gasteiger charge is 2.42. The molecule has 0 unspecified atom stereocenters. The number of H-pyrrole nitrogens is 1. The van der Waals surface area contributed by atoms with Gasteiger partial charge in [0.25, 0.3) is 0 Å². The van der Waals surface area contributed by atoms with Crippen molar-refractivity contribution in [1.29, 1.82) is 0 Å². The largest absolute Gasteiger partial charge is 0.388 e. The Kier molecular flexibility index (Phi) is 7.02. The van der Waals surface area contributed by atoms with Gasteiger partial charge in [-0.15, -0.1) is 11.8 Å². The number of pyridine rings is 1. The Hall–Kier alpha value is -2.21. The van der Waals surface area contributed by atoms with Crippen LogP contribution in [0.3, 0.4) is 0 Å². The minimum absolute atomic E-state index is 0.138. The van der Waals surface area contributed by atoms with Crippen molar-refractivity contribution in [1.82, 2.24) is 24.2 Å². The van der Waals surface area contributed by atoms with Gasteiger partial charge in [-0.05, 0) is 56.2 Å². The molecule has 0 radical (unpaired) electrons. The fourth-order valence-electron chi connectivity index (χ4n) is 5.23. The number of β-amino-alcohol motifs (C(OH)–C–C–N with tert-alkyl or cyclic N) is 1. The zero-order valence-corrected chi connectivity index (χ0v) is 21.5. The monoisotopic (exact) mass is 516 g/mol. The zero-order valence-electron chi connectivity index (χ0n) is 19.9. The van der Waals surface area contributed by atoms with E-state index in [-0.39, 0.29) is 18.2 Å². The Morgan fingerprint density at radius 2 is 2.03 bits per heavy atom. The van der Waals surface area contributed by atoms with Crippen LogP contribution in [-0.2, 0) is 10.0 Å². The second-order valence-corrected chi connectivity index (χ2v) is 12.8. The molecule has 2 aliphatic rings. The summed E-state index contributed by atoms with van der Waals surface area (Å²) in [4.78, 5) is 18.4. The first-order valence-corrected chi connectivity index (χ1v) is 14.7. The molecule has 1 saturated carbocycles. The van der Waals surface area contributed by atoms with Crippen molar-refractivity contribution in [3.63, 3.8) is 0 Å². The molecule has 1 aliphatic carbocycles. The van der Waals surface area contributed by atoms with Gasteiger partial charge < -0.3 is 15.0 Å². The molecular weight excluding hydrogens is 484 g/mol. The Morgan fingerprint density at radius 1 is 1.20 bits per heavy atom. The molecule has 0 amide bonds. The number of nitrogens with zero attached hydrogens (tertiary/aromatic N) is 5. The van der Waals surface area contributed by atoms with Crippen molar-refractivity contribution in [2.75, 3.05) is 36.5 Å². The van der Waals surface area contributed by atoms with Gasteiger partial charge in [0.1, 0.15) is 17.8 Å². The lowest BCUT2D eigenvalue weighted by molar-refractivity contribution is 0.0812. The molecule has 1 aliphatic heterocycles. The average Bonchev–Trinajstić information content (AvgIpc) is 3.51. The highest BCUT2D eigenvalue weighted by molar-refractivity contribution is 7.99. The summed E-state index contributed by atoms with van der Waals surface area (Å²) in [6.07, 6.45) is 9.21. The summed E-state index contributed by atoms with van der Waals surface area (Å²) >= 11 is 1.47. The SMILES string of the molecule is CN(c1ncnc2[nH]ccc12)[C@H]1CC[C@H](CS(=O)(=O)N2CC[C@@](O)(CSc3ccccn3)C2)CC1. The number of thioether (sulfide) groups is 1. The first-order chi connectivity index (χ1) is 16.8. The number of hydrogen-bond donors (Lipinski definition) is 2. The molecule has 2 N–H and O–H groups in total. The topological polar surface area (TPSA) is 115 Å². The van der Waals surface area contributed by atoms with E-state index < -0.39 is 15.6 Å². The van der Waals surface area contributed by atoms with Gasteiger partial charge in [0.15, 0.2) is 0 Å². The maximum Gasteiger partial charge on any atom is 0.214 e. The Balaban J connectivity index is 1.14. The van der Waals surface area contributed by atoms with Gasteiger partial charge in [-0.3, -0.25) is 0 Å². The van der Waals surface area contributed by atoms with E-state index in [0.29, 0.717) is 24.8 Å². The van der Waals surface area contributed by atoms with Crippen LogP contribution in [0.4, 0.5) is 5.82 Å². The van der Waals surface area contributed by atoms with E-state index in [4.69, 9.17) is 0 Å². The van der Waals surface area contributed by atoms with E-state index >= 15 is 0 Å². The van der Waals surface area contributed by atoms with Crippen molar-refractivity contribution in [3.05, 3.63) is 43.0 Å². The third kappa shape index (κ3) is 5.47. The predicted molar refractivity (Wildman–Crippen MR) is 138 cm³/mol. The third-order valence-electron chi connectivity index (χ3n) is 7.29. The van der Waals surface area contributed by atoms with Crippen LogP contribution in [0.15, 0.2) is 48.0 Å². The van der Waals surface area contributed by atoms with Crippen molar-refractivity contribution in [3.8, 4) is 0 Å². The molecule has 1 atom stereocenters. The van der Waals surface area contributed by atoms with E-state index in [0.717, 1.165) is 47.6 Å². The molecule has 35 heavy (non-hydrogen) atoms. The zero-order chi connectivity index (χ0) is 24.5. The number of sulfonamides is 1. The van der Waals surface area contributed by atoms with Crippen LogP contribution in [0.25, 0.3) is 11.0 Å². The van der Waals surface area contributed by atoms with Crippen molar-refractivity contribution < 1.29 is 13.5 Å². The smallest absolute Gasteiger partial charge is 0.214 e. The highest BCUT2D eigenvalue weighted by atomic mass is 32.2. The minimum Gasteiger partial charge on any atom is -0.388 e. The van der Waals surface area contributed by atoms with Gasteiger partial charge in [0, 0.05) is 44.3 Å². The Bertz CT molecular complexity index is 1250. The van der Waals surface area contributed by atoms with Crippen LogP contribution < -0.4 is 4.90 Å². The van der Waals surface area contributed by atoms with E-state index in [1.807, 2.05) is 30.5 Å². The number of aromatic nitrogens is 4. The van der Waals surface area contributed by atoms with Gasteiger partial charge in [0.05, 0.1) is 21.8 Å². The highest BCUT2D eigenvalue weighted by Crippen LogP contribution is 2.34. The second-order valence-electron chi connectivity index (χ2n) is 9.77. The molecule has 2 fully saturated rings. The Morgan fingerprint density at radius 3 is 2.80 bits per heavy atom. The van der Waals surface area contributed by atoms with Crippen LogP contribution in [0.2, 0.25) is 0 Å². The number of aromatic amines is 1. The molecule has 5 rings (SSSR count). The maximum atomic E-state index is 13.2. The summed E-state index contributed by atoms with van der Waals surface area (Å²) in [5.41, 5.74) is -0.192. The second kappa shape index (κ2) is 10.0. The quantitative estimate of drug-likeness (QED) is 0.439. The Labute approximate surface area is 210 Å². The molecular formula is C24H32N6O3S2. The molecule has 0 bridgehead atoms. The lowest BCUT2D eigenvalue weighted by Gasteiger charge is -2.35. The molecule has 3 aromatic rings. The number of nitrogens with one attached hydrogen (secondary N) is 1. The number of rotatable bonds is 8. The molecule has 1 saturated heterocycles. The molecule has 188 valence electrons. The van der Waals surface area contributed by atoms with E-state index in [1.54, 1.807) is 12.5 Å². The maximum absolute atomic E-state index is 13.2. The molecule has 3 aromatic heterocycles. The lowest BCUT2D eigenvalue weighted by Crippen LogP contribution is -2.41. The van der Waals surface area contributed by atoms with Crippen molar-refractivity contribution in [2.45, 2.75) is 48.8 Å². The molecule has 11 heteroatoms. The lowest BCUT2D eigenvalue weighted by atomic mass is 9.86. The van der Waals surface area contributed by atoms with E-state index in [9.17, 15) is 13.5 Å². The predicted octanol–water partition coefficient (Wildman–Crippen LogP) is 2.91. The summed E-state index contributed by atoms with van der Waals surface area (Å²) in [5, 5.41) is 12.8. The van der Waals surface area contributed by atoms with E-state index in [1.165, 1.54) is 16.1 Å². The number of hydrogen-bond acceptors (Lipinski definition) is 8. The van der Waals surface area contributed by atoms with Crippen LogP contribution in [0.5, 0.6) is 0 Å². The fourth-order valence-corrected chi connectivity index (χ4v) is 8.14. The third-order valence-corrected chi connectivity index (χ3v) is 10.5. The van der Waals surface area contributed by atoms with Crippen LogP contribution in [0.1, 0.15) is 32.1 Å². The molecule has 4 heterocycles. The molecule has 0 aromatic carbocycles. The van der Waals surface area contributed by atoms with Crippen LogP contribution in [-0.4, -0.2) is 81.1 Å². The minimum atomic E-state index is -3.41. The number of anilines is 1. The van der Waals surface area contributed by atoms with Crippen LogP contribution in [0, 0.1) is 5.92 Å². The van der Waals surface area contributed by atoms with Gasteiger partial charge >= 0.3 is 0 Å². The number of fused-ring (bicyclic) bond motifs is 1. The van der Waals surface area contributed by atoms with E-state index in [2.05, 4.69) is 31.9 Å². The summed E-state index contributed by atoms with van der Waals surface area (Å²) in [5.74, 6) is 1.64. The average molecular weight is 517 g/mol. The van der Waals surface area contributed by atoms with Gasteiger partial charge in [-0.2, -0.15) is 4.31 Å². The van der Waals surface area contributed by atoms with Gasteiger partial charge in [0.2, 0.25) is 10.0 Å². The van der Waals surface area contributed by atoms with Crippen LogP contribution >= 0.6 is 11.8 Å². The van der Waals surface area contributed by atoms with Crippen molar-refractivity contribution in [2.24, 2.45) is 5.92 Å². The first-order valence-electron chi connectivity index (χ1n) is 12.1. The van der Waals surface area contributed by atoms with Gasteiger partial charge in [-0.25, -0.2) is 23.4 Å². The summed E-state index contributed by atoms with van der Waals surface area (Å²) in [7, 11) is -1.35. The summed E-state index contributed by atoms with van der Waals surface area (Å²) < 4.78 is 27.9. The number of aliphatic hydroxyl groups is 1. The first kappa shape index (κ1) is 24.5. The molecule has 9 nitrogen and oxygen atoms in total. The summed E-state index contributed by atoms with van der Waals surface area (Å²) in [6, 6.07) is 7.97. The normalized spacial score (nSPS) is 25.8. The van der Waals surface area contributed by atoms with Crippen molar-refractivity contribution >= 4 is 38.6 Å². The fraction of sp³-hybridized carbons (Fsp3) is 0.542. The summed E-state index contributed by atoms with van der Waals surface area (Å²) in [6.45, 7) is 0.535. The standard InChI is InChI=1S/C24H32N6O3S2/c1-29(23-20-9-12-26-22(20)27-17-28-23)19-7-5-18(6-8-19)14-35(32,33)30-13-10-24(31,15-30)16-34-21-4-2-3-11-25-21/h2-4,9,11-12,17-19,31H,5-8,10,13-16H2,1H3,(H,26,27,28)/t18-,19-,24-/m0/s1.